The molecule has 3 aromatic rings. The molecule has 5 nitrogen and oxygen atoms in total. The first-order valence-corrected chi connectivity index (χ1v) is 9.88. The Hall–Kier alpha value is -3.73. The molecule has 5 heteroatoms. The Morgan fingerprint density at radius 2 is 1.73 bits per heavy atom. The number of hydrogen-bond acceptors (Lipinski definition) is 3. The van der Waals surface area contributed by atoms with Gasteiger partial charge in [-0.25, -0.2) is 0 Å². The number of nitrogens with one attached hydrogen (secondary N) is 1. The first kappa shape index (κ1) is 21.0. The molecule has 0 bridgehead atoms. The van der Waals surface area contributed by atoms with Gasteiger partial charge in [0.25, 0.3) is 11.6 Å². The third kappa shape index (κ3) is 5.88. The van der Waals surface area contributed by atoms with Gasteiger partial charge in [-0.15, -0.1) is 0 Å². The Balaban J connectivity index is 1.72. The second-order valence-corrected chi connectivity index (χ2v) is 7.12. The Morgan fingerprint density at radius 3 is 2.43 bits per heavy atom. The van der Waals surface area contributed by atoms with Crippen molar-refractivity contribution in [3.63, 3.8) is 0 Å². The smallest absolute Gasteiger partial charge is 0.270 e. The standard InChI is InChI=1S/C25H24N2O3/c1-19-12-14-20(15-13-19)8-6-16-26-25(28)24(22-9-3-2-4-10-22)18-21-7-5-11-23(17-21)27(29)30/h2-5,7,9-15,17-18H,6,8,16H2,1H3,(H,26,28)/b24-18+. The fourth-order valence-electron chi connectivity index (χ4n) is 3.14. The van der Waals surface area contributed by atoms with Crippen LogP contribution in [0.5, 0.6) is 0 Å². The van der Waals surface area contributed by atoms with Crippen LogP contribution in [0.1, 0.15) is 28.7 Å². The normalized spacial score (nSPS) is 11.2. The molecule has 3 aromatic carbocycles. The minimum atomic E-state index is -0.440. The van der Waals surface area contributed by atoms with Crippen LogP contribution >= 0.6 is 0 Å². The van der Waals surface area contributed by atoms with E-state index in [0.29, 0.717) is 17.7 Å². The van der Waals surface area contributed by atoms with E-state index >= 15 is 0 Å². The molecule has 0 aliphatic heterocycles. The Kier molecular flexibility index (Phi) is 7.11. The fourth-order valence-corrected chi connectivity index (χ4v) is 3.14. The molecule has 0 saturated heterocycles. The average molecular weight is 400 g/mol. The lowest BCUT2D eigenvalue weighted by Crippen LogP contribution is -2.25. The lowest BCUT2D eigenvalue weighted by molar-refractivity contribution is -0.384. The van der Waals surface area contributed by atoms with Crippen LogP contribution in [-0.2, 0) is 11.2 Å². The number of nitro benzene ring substituents is 1. The maximum absolute atomic E-state index is 12.9. The van der Waals surface area contributed by atoms with Gasteiger partial charge in [-0.3, -0.25) is 14.9 Å². The average Bonchev–Trinajstić information content (AvgIpc) is 2.77. The van der Waals surface area contributed by atoms with Crippen LogP contribution < -0.4 is 5.32 Å². The van der Waals surface area contributed by atoms with E-state index < -0.39 is 4.92 Å². The Bertz CT molecular complexity index is 1040. The Morgan fingerprint density at radius 1 is 1.00 bits per heavy atom. The molecule has 0 aliphatic carbocycles. The van der Waals surface area contributed by atoms with Crippen LogP contribution in [0.15, 0.2) is 78.9 Å². The van der Waals surface area contributed by atoms with E-state index in [1.165, 1.54) is 23.3 Å². The van der Waals surface area contributed by atoms with Gasteiger partial charge in [-0.1, -0.05) is 72.3 Å². The number of carbonyl (C=O) groups is 1. The number of nitro groups is 1. The maximum Gasteiger partial charge on any atom is 0.270 e. The summed E-state index contributed by atoms with van der Waals surface area (Å²) >= 11 is 0. The van der Waals surface area contributed by atoms with Crippen LogP contribution in [0.25, 0.3) is 11.6 Å². The monoisotopic (exact) mass is 400 g/mol. The number of aryl methyl sites for hydroxylation is 2. The first-order chi connectivity index (χ1) is 14.5. The van der Waals surface area contributed by atoms with Gasteiger partial charge in [0.2, 0.25) is 0 Å². The molecule has 0 heterocycles. The van der Waals surface area contributed by atoms with Crippen molar-refractivity contribution in [3.05, 3.63) is 111 Å². The van der Waals surface area contributed by atoms with E-state index in [0.717, 1.165) is 18.4 Å². The van der Waals surface area contributed by atoms with Crippen molar-refractivity contribution < 1.29 is 9.72 Å². The molecule has 0 radical (unpaired) electrons. The summed E-state index contributed by atoms with van der Waals surface area (Å²) < 4.78 is 0. The second-order valence-electron chi connectivity index (χ2n) is 7.12. The lowest BCUT2D eigenvalue weighted by atomic mass is 10.0. The van der Waals surface area contributed by atoms with Gasteiger partial charge in [0.1, 0.15) is 0 Å². The maximum atomic E-state index is 12.9. The molecular formula is C25H24N2O3. The van der Waals surface area contributed by atoms with Crippen molar-refractivity contribution in [1.29, 1.82) is 0 Å². The van der Waals surface area contributed by atoms with Gasteiger partial charge in [0.15, 0.2) is 0 Å². The minimum Gasteiger partial charge on any atom is -0.352 e. The number of nitrogens with zero attached hydrogens (tertiary/aromatic N) is 1. The minimum absolute atomic E-state index is 0.00494. The summed E-state index contributed by atoms with van der Waals surface area (Å²) in [6.07, 6.45) is 3.40. The summed E-state index contributed by atoms with van der Waals surface area (Å²) in [5.74, 6) is -0.198. The lowest BCUT2D eigenvalue weighted by Gasteiger charge is -2.10. The summed E-state index contributed by atoms with van der Waals surface area (Å²) in [7, 11) is 0. The zero-order chi connectivity index (χ0) is 21.3. The van der Waals surface area contributed by atoms with E-state index in [1.54, 1.807) is 18.2 Å². The van der Waals surface area contributed by atoms with E-state index in [1.807, 2.05) is 30.3 Å². The molecule has 0 atom stereocenters. The highest BCUT2D eigenvalue weighted by Crippen LogP contribution is 2.21. The number of carbonyl (C=O) groups excluding carboxylic acids is 1. The predicted molar refractivity (Wildman–Crippen MR) is 120 cm³/mol. The fraction of sp³-hybridized carbons (Fsp3) is 0.160. The largest absolute Gasteiger partial charge is 0.352 e. The van der Waals surface area contributed by atoms with Crippen LogP contribution in [0.4, 0.5) is 5.69 Å². The highest BCUT2D eigenvalue weighted by molar-refractivity contribution is 6.24. The zero-order valence-electron chi connectivity index (χ0n) is 16.9. The van der Waals surface area contributed by atoms with E-state index in [-0.39, 0.29) is 11.6 Å². The van der Waals surface area contributed by atoms with Gasteiger partial charge < -0.3 is 5.32 Å². The molecule has 1 N–H and O–H groups in total. The molecule has 152 valence electrons. The molecule has 0 unspecified atom stereocenters. The van der Waals surface area contributed by atoms with Gasteiger partial charge in [0, 0.05) is 24.3 Å². The summed E-state index contributed by atoms with van der Waals surface area (Å²) in [5, 5.41) is 14.0. The highest BCUT2D eigenvalue weighted by Gasteiger charge is 2.13. The van der Waals surface area contributed by atoms with Gasteiger partial charge in [0.05, 0.1) is 4.92 Å². The predicted octanol–water partition coefficient (Wildman–Crippen LogP) is 5.19. The Labute approximate surface area is 176 Å². The second kappa shape index (κ2) is 10.2. The van der Waals surface area contributed by atoms with Crippen molar-refractivity contribution in [2.24, 2.45) is 0 Å². The van der Waals surface area contributed by atoms with Crippen molar-refractivity contribution in [2.75, 3.05) is 6.54 Å². The van der Waals surface area contributed by atoms with Crippen LogP contribution in [0, 0.1) is 17.0 Å². The number of hydrogen-bond donors (Lipinski definition) is 1. The number of amides is 1. The van der Waals surface area contributed by atoms with E-state index in [9.17, 15) is 14.9 Å². The zero-order valence-corrected chi connectivity index (χ0v) is 16.9. The van der Waals surface area contributed by atoms with Crippen molar-refractivity contribution in [1.82, 2.24) is 5.32 Å². The number of benzene rings is 3. The summed E-state index contributed by atoms with van der Waals surface area (Å²) in [6.45, 7) is 2.61. The van der Waals surface area contributed by atoms with Gasteiger partial charge in [-0.05, 0) is 42.5 Å². The van der Waals surface area contributed by atoms with Crippen LogP contribution in [0.2, 0.25) is 0 Å². The molecule has 0 aromatic heterocycles. The van der Waals surface area contributed by atoms with E-state index in [4.69, 9.17) is 0 Å². The van der Waals surface area contributed by atoms with E-state index in [2.05, 4.69) is 36.5 Å². The topological polar surface area (TPSA) is 72.2 Å². The molecule has 30 heavy (non-hydrogen) atoms. The molecule has 0 aliphatic rings. The van der Waals surface area contributed by atoms with Crippen molar-refractivity contribution in [2.45, 2.75) is 19.8 Å². The molecule has 0 spiro atoms. The third-order valence-electron chi connectivity index (χ3n) is 4.77. The summed E-state index contributed by atoms with van der Waals surface area (Å²) in [4.78, 5) is 23.5. The quantitative estimate of drug-likeness (QED) is 0.186. The van der Waals surface area contributed by atoms with Gasteiger partial charge in [-0.2, -0.15) is 0 Å². The summed E-state index contributed by atoms with van der Waals surface area (Å²) in [5.41, 5.74) is 4.31. The van der Waals surface area contributed by atoms with Gasteiger partial charge >= 0.3 is 0 Å². The number of rotatable bonds is 8. The van der Waals surface area contributed by atoms with Crippen LogP contribution in [0.3, 0.4) is 0 Å². The molecule has 0 fully saturated rings. The first-order valence-electron chi connectivity index (χ1n) is 9.88. The summed E-state index contributed by atoms with van der Waals surface area (Å²) in [6, 6.07) is 24.0. The molecule has 1 amide bonds. The van der Waals surface area contributed by atoms with Crippen LogP contribution in [-0.4, -0.2) is 17.4 Å². The van der Waals surface area contributed by atoms with Crippen molar-refractivity contribution in [3.8, 4) is 0 Å². The molecule has 0 saturated carbocycles. The van der Waals surface area contributed by atoms with Crippen molar-refractivity contribution >= 4 is 23.2 Å². The highest BCUT2D eigenvalue weighted by atomic mass is 16.6. The SMILES string of the molecule is Cc1ccc(CCCNC(=O)/C(=C/c2cccc([N+](=O)[O-])c2)c2ccccc2)cc1. The molecular weight excluding hydrogens is 376 g/mol. The molecule has 3 rings (SSSR count). The third-order valence-corrected chi connectivity index (χ3v) is 4.77. The number of non-ortho nitro benzene ring substituents is 1.